The summed E-state index contributed by atoms with van der Waals surface area (Å²) >= 11 is 0. The van der Waals surface area contributed by atoms with Crippen LogP contribution in [-0.2, 0) is 0 Å². The molecule has 2 aliphatic carbocycles. The van der Waals surface area contributed by atoms with Crippen molar-refractivity contribution in [2.45, 2.75) is 121 Å². The summed E-state index contributed by atoms with van der Waals surface area (Å²) in [5.74, 6) is 14.1. The third kappa shape index (κ3) is 11.4. The van der Waals surface area contributed by atoms with Crippen LogP contribution in [0.2, 0.25) is 0 Å². The van der Waals surface area contributed by atoms with Gasteiger partial charge in [0.05, 0.1) is 0 Å². The van der Waals surface area contributed by atoms with E-state index in [0.29, 0.717) is 11.3 Å². The molecule has 2 rings (SSSR count). The Hall–Kier alpha value is -2.70. The van der Waals surface area contributed by atoms with Crippen molar-refractivity contribution < 1.29 is 0 Å². The Labute approximate surface area is 248 Å². The molecule has 0 aromatic heterocycles. The Morgan fingerprint density at radius 3 is 2.55 bits per heavy atom. The smallest absolute Gasteiger partial charge is 0.0357 e. The van der Waals surface area contributed by atoms with Crippen LogP contribution in [-0.4, -0.2) is 0 Å². The molecule has 0 nitrogen and oxygen atoms in total. The summed E-state index contributed by atoms with van der Waals surface area (Å²) in [5.41, 5.74) is 9.03. The van der Waals surface area contributed by atoms with Gasteiger partial charge < -0.3 is 0 Å². The summed E-state index contributed by atoms with van der Waals surface area (Å²) in [5, 5.41) is 0. The van der Waals surface area contributed by atoms with E-state index in [1.807, 2.05) is 6.08 Å². The summed E-state index contributed by atoms with van der Waals surface area (Å²) < 4.78 is 0. The number of hydrogen-bond acceptors (Lipinski definition) is 0. The second-order valence-electron chi connectivity index (χ2n) is 13.6. The molecular formula is C40H56. The molecule has 0 aliphatic heterocycles. The van der Waals surface area contributed by atoms with Crippen LogP contribution in [0.15, 0.2) is 82.0 Å². The summed E-state index contributed by atoms with van der Waals surface area (Å²) in [7, 11) is 0. The molecule has 0 heteroatoms. The van der Waals surface area contributed by atoms with Crippen LogP contribution in [0.25, 0.3) is 0 Å². The van der Waals surface area contributed by atoms with Crippen molar-refractivity contribution in [1.82, 2.24) is 0 Å². The molecule has 0 spiro atoms. The molecule has 0 saturated carbocycles. The van der Waals surface area contributed by atoms with Gasteiger partial charge in [0.1, 0.15) is 0 Å². The van der Waals surface area contributed by atoms with E-state index in [1.165, 1.54) is 60.8 Å². The summed E-state index contributed by atoms with van der Waals surface area (Å²) in [6.07, 6.45) is 27.3. The maximum absolute atomic E-state index is 3.35. The highest BCUT2D eigenvalue weighted by atomic mass is 14.4. The molecular weight excluding hydrogens is 480 g/mol. The fourth-order valence-electron chi connectivity index (χ4n) is 6.13. The molecule has 2 aliphatic rings. The van der Waals surface area contributed by atoms with Gasteiger partial charge in [0.15, 0.2) is 0 Å². The van der Waals surface area contributed by atoms with E-state index >= 15 is 0 Å². The van der Waals surface area contributed by atoms with Crippen molar-refractivity contribution in [3.8, 4) is 23.7 Å². The third-order valence-corrected chi connectivity index (χ3v) is 8.82. The highest BCUT2D eigenvalue weighted by molar-refractivity contribution is 5.39. The maximum atomic E-state index is 3.35. The van der Waals surface area contributed by atoms with Crippen LogP contribution in [0, 0.1) is 46.3 Å². The molecule has 0 heterocycles. The molecule has 0 N–H and O–H groups in total. The second kappa shape index (κ2) is 15.9. The lowest BCUT2D eigenvalue weighted by Crippen LogP contribution is -2.27. The number of rotatable bonds is 8. The largest absolute Gasteiger partial charge is 0.0985 e. The average molecular weight is 537 g/mol. The lowest BCUT2D eigenvalue weighted by atomic mass is 9.67. The first-order valence-corrected chi connectivity index (χ1v) is 15.5. The lowest BCUT2D eigenvalue weighted by molar-refractivity contribution is 0.204. The second-order valence-corrected chi connectivity index (χ2v) is 13.6. The Kier molecular flexibility index (Phi) is 13.3. The fraction of sp³-hybridized carbons (Fsp3) is 0.550. The van der Waals surface area contributed by atoms with Crippen LogP contribution in [0.5, 0.6) is 0 Å². The van der Waals surface area contributed by atoms with Crippen molar-refractivity contribution in [3.05, 3.63) is 82.0 Å². The Balaban J connectivity index is 1.81. The van der Waals surface area contributed by atoms with Crippen molar-refractivity contribution in [2.75, 3.05) is 0 Å². The van der Waals surface area contributed by atoms with Crippen LogP contribution >= 0.6 is 0 Å². The zero-order valence-electron chi connectivity index (χ0n) is 27.4. The van der Waals surface area contributed by atoms with E-state index in [4.69, 9.17) is 0 Å². The highest BCUT2D eigenvalue weighted by Gasteiger charge is 2.32. The van der Waals surface area contributed by atoms with E-state index in [9.17, 15) is 0 Å². The Bertz CT molecular complexity index is 1200. The van der Waals surface area contributed by atoms with Gasteiger partial charge in [0, 0.05) is 12.3 Å². The number of hydrogen-bond donors (Lipinski definition) is 0. The first-order chi connectivity index (χ1) is 18.8. The molecule has 0 bridgehead atoms. The Morgan fingerprint density at radius 2 is 1.85 bits per heavy atom. The van der Waals surface area contributed by atoms with Crippen molar-refractivity contribution in [2.24, 2.45) is 22.7 Å². The normalized spacial score (nSPS) is 22.5. The van der Waals surface area contributed by atoms with E-state index in [2.05, 4.69) is 135 Å². The first-order valence-electron chi connectivity index (χ1n) is 15.5. The van der Waals surface area contributed by atoms with Crippen molar-refractivity contribution in [1.29, 1.82) is 0 Å². The van der Waals surface area contributed by atoms with E-state index < -0.39 is 0 Å². The van der Waals surface area contributed by atoms with Gasteiger partial charge >= 0.3 is 0 Å². The van der Waals surface area contributed by atoms with E-state index in [-0.39, 0.29) is 11.3 Å². The van der Waals surface area contributed by atoms with Crippen molar-refractivity contribution in [3.63, 3.8) is 0 Å². The average Bonchev–Trinajstić information content (AvgIpc) is 2.85. The summed E-state index contributed by atoms with van der Waals surface area (Å²) in [4.78, 5) is 0. The maximum Gasteiger partial charge on any atom is 0.0357 e. The molecule has 2 unspecified atom stereocenters. The zero-order chi connectivity index (χ0) is 29.8. The van der Waals surface area contributed by atoms with Gasteiger partial charge in [-0.25, -0.2) is 0 Å². The molecule has 0 radical (unpaired) electrons. The predicted octanol–water partition coefficient (Wildman–Crippen LogP) is 11.7. The molecule has 0 aromatic carbocycles. The quantitative estimate of drug-likeness (QED) is 0.164. The standard InChI is InChI=1S/C40H56/c1-31(19-13-21-33(3)25-27-37-35(5)23-15-29-39(37,7)8)17-11-12-18-32(2)20-14-22-34(4)26-28-38-36(6)24-16-30-40(38,9)10/h14,17,20-22,24-25,27,32,38H,11,15-16,23,26,28-30H2,1-10H3/b20-14?,27-25+,31-17+,33-21+,34-22+. The monoisotopic (exact) mass is 536 g/mol. The van der Waals surface area contributed by atoms with Gasteiger partial charge in [-0.05, 0) is 126 Å². The Morgan fingerprint density at radius 1 is 1.10 bits per heavy atom. The lowest BCUT2D eigenvalue weighted by Gasteiger charge is -2.38. The van der Waals surface area contributed by atoms with Gasteiger partial charge in [-0.1, -0.05) is 111 Å². The van der Waals surface area contributed by atoms with Crippen LogP contribution in [0.4, 0.5) is 0 Å². The molecule has 0 aromatic rings. The van der Waals surface area contributed by atoms with Gasteiger partial charge in [0.2, 0.25) is 0 Å². The van der Waals surface area contributed by atoms with E-state index in [1.54, 1.807) is 5.57 Å². The SMILES string of the molecule is CC1=CCCC(C)(C)C1CC/C(C)=C/C=CC(C)C#CC/C=C(\C)C#C/C=C(C)/C=C/C1=C(C)CCCC1(C)C. The van der Waals surface area contributed by atoms with Crippen LogP contribution in [0.3, 0.4) is 0 Å². The van der Waals surface area contributed by atoms with Gasteiger partial charge in [-0.3, -0.25) is 0 Å². The minimum absolute atomic E-state index is 0.247. The highest BCUT2D eigenvalue weighted by Crippen LogP contribution is 2.44. The topological polar surface area (TPSA) is 0 Å². The van der Waals surface area contributed by atoms with Crippen LogP contribution in [0.1, 0.15) is 121 Å². The molecule has 0 amide bonds. The molecule has 0 fully saturated rings. The van der Waals surface area contributed by atoms with Gasteiger partial charge in [-0.15, -0.1) is 0 Å². The molecule has 2 atom stereocenters. The molecule has 0 saturated heterocycles. The van der Waals surface area contributed by atoms with Crippen molar-refractivity contribution >= 4 is 0 Å². The summed E-state index contributed by atoms with van der Waals surface area (Å²) in [6, 6.07) is 0. The van der Waals surface area contributed by atoms with Gasteiger partial charge in [-0.2, -0.15) is 0 Å². The summed E-state index contributed by atoms with van der Waals surface area (Å²) in [6.45, 7) is 22.8. The van der Waals surface area contributed by atoms with E-state index in [0.717, 1.165) is 18.4 Å². The number of allylic oxidation sites excluding steroid dienone is 14. The predicted molar refractivity (Wildman–Crippen MR) is 179 cm³/mol. The fourth-order valence-corrected chi connectivity index (χ4v) is 6.13. The van der Waals surface area contributed by atoms with Crippen LogP contribution < -0.4 is 0 Å². The first kappa shape index (κ1) is 33.5. The third-order valence-electron chi connectivity index (χ3n) is 8.82. The molecule has 40 heavy (non-hydrogen) atoms. The van der Waals surface area contributed by atoms with Gasteiger partial charge in [0.25, 0.3) is 0 Å². The minimum Gasteiger partial charge on any atom is -0.0985 e. The minimum atomic E-state index is 0.247. The molecule has 216 valence electrons. The zero-order valence-corrected chi connectivity index (χ0v) is 27.4.